The summed E-state index contributed by atoms with van der Waals surface area (Å²) in [5, 5.41) is 19.5. The Balaban J connectivity index is 1.51. The minimum atomic E-state index is -0.574. The Hall–Kier alpha value is -3.05. The number of anilines is 2. The van der Waals surface area contributed by atoms with E-state index in [9.17, 15) is 5.11 Å². The van der Waals surface area contributed by atoms with Crippen LogP contribution in [0.2, 0.25) is 0 Å². The van der Waals surface area contributed by atoms with E-state index in [-0.39, 0.29) is 24.1 Å². The number of nitrogen functional groups attached to an aromatic ring is 1. The van der Waals surface area contributed by atoms with Gasteiger partial charge >= 0.3 is 0 Å². The summed E-state index contributed by atoms with van der Waals surface area (Å²) in [6, 6.07) is 7.72. The van der Waals surface area contributed by atoms with Crippen molar-refractivity contribution in [3.05, 3.63) is 35.5 Å². The smallest absolute Gasteiger partial charge is 0.231 e. The molecular weight excluding hydrogens is 322 g/mol. The second-order valence-corrected chi connectivity index (χ2v) is 6.10. The molecule has 1 aromatic carbocycles. The van der Waals surface area contributed by atoms with Gasteiger partial charge in [-0.15, -0.1) is 0 Å². The van der Waals surface area contributed by atoms with Crippen molar-refractivity contribution in [3.63, 3.8) is 0 Å². The number of rotatable bonds is 2. The third-order valence-electron chi connectivity index (χ3n) is 4.62. The lowest BCUT2D eigenvalue weighted by Crippen LogP contribution is -2.43. The fourth-order valence-corrected chi connectivity index (χ4v) is 3.27. The van der Waals surface area contributed by atoms with E-state index < -0.39 is 6.10 Å². The van der Waals surface area contributed by atoms with Crippen molar-refractivity contribution in [2.24, 2.45) is 0 Å². The molecule has 8 nitrogen and oxygen atoms in total. The summed E-state index contributed by atoms with van der Waals surface area (Å²) in [5.74, 6) is 2.04. The monoisotopic (exact) mass is 339 g/mol. The maximum atomic E-state index is 10.6. The molecule has 0 spiro atoms. The third kappa shape index (κ3) is 2.79. The molecule has 2 aliphatic heterocycles. The molecule has 0 saturated carbocycles. The zero-order chi connectivity index (χ0) is 17.4. The maximum absolute atomic E-state index is 10.6. The van der Waals surface area contributed by atoms with Crippen LogP contribution in [0.1, 0.15) is 23.5 Å². The highest BCUT2D eigenvalue weighted by Crippen LogP contribution is 2.37. The number of hydrogen-bond donors (Lipinski definition) is 2. The van der Waals surface area contributed by atoms with Crippen LogP contribution in [0.5, 0.6) is 11.5 Å². The lowest BCUT2D eigenvalue weighted by Gasteiger charge is -2.36. The first-order chi connectivity index (χ1) is 12.2. The van der Waals surface area contributed by atoms with Crippen molar-refractivity contribution >= 4 is 11.8 Å². The van der Waals surface area contributed by atoms with E-state index >= 15 is 0 Å². The van der Waals surface area contributed by atoms with Gasteiger partial charge in [0.1, 0.15) is 17.5 Å². The zero-order valence-corrected chi connectivity index (χ0v) is 13.4. The number of aliphatic hydroxyl groups is 1. The van der Waals surface area contributed by atoms with Gasteiger partial charge < -0.3 is 25.2 Å². The Kier molecular flexibility index (Phi) is 3.78. The number of benzene rings is 1. The molecule has 2 aliphatic rings. The maximum Gasteiger partial charge on any atom is 0.231 e. The topological polar surface area (TPSA) is 118 Å². The number of fused-ring (bicyclic) bond motifs is 1. The summed E-state index contributed by atoms with van der Waals surface area (Å²) in [6.07, 6.45) is 1.58. The quantitative estimate of drug-likeness (QED) is 0.832. The fraction of sp³-hybridized carbons (Fsp3) is 0.353. The molecule has 0 amide bonds. The lowest BCUT2D eigenvalue weighted by molar-refractivity contribution is 0.129. The first-order valence-electron chi connectivity index (χ1n) is 8.01. The minimum Gasteiger partial charge on any atom is -0.454 e. The minimum absolute atomic E-state index is 0.00137. The molecule has 1 saturated heterocycles. The van der Waals surface area contributed by atoms with Gasteiger partial charge in [0.05, 0.1) is 12.3 Å². The van der Waals surface area contributed by atoms with E-state index in [4.69, 9.17) is 20.5 Å². The second kappa shape index (κ2) is 6.11. The van der Waals surface area contributed by atoms with Gasteiger partial charge in [0, 0.05) is 19.0 Å². The number of nitrogens with two attached hydrogens (primary N) is 1. The molecule has 0 bridgehead atoms. The number of ether oxygens (including phenoxy) is 2. The number of β-amino-alcohol motifs (C(OH)–C–C–N with tert-alkyl or cyclic N) is 1. The summed E-state index contributed by atoms with van der Waals surface area (Å²) in [5.41, 5.74) is 7.03. The summed E-state index contributed by atoms with van der Waals surface area (Å²) in [4.78, 5) is 10.2. The molecule has 2 aromatic rings. The Morgan fingerprint density at radius 1 is 1.32 bits per heavy atom. The van der Waals surface area contributed by atoms with Crippen LogP contribution in [0.3, 0.4) is 0 Å². The first kappa shape index (κ1) is 15.5. The van der Waals surface area contributed by atoms with Crippen molar-refractivity contribution in [3.8, 4) is 17.6 Å². The van der Waals surface area contributed by atoms with Crippen molar-refractivity contribution in [2.45, 2.75) is 18.4 Å². The van der Waals surface area contributed by atoms with Crippen molar-refractivity contribution in [1.82, 2.24) is 9.97 Å². The lowest BCUT2D eigenvalue weighted by atomic mass is 9.87. The highest BCUT2D eigenvalue weighted by molar-refractivity contribution is 5.51. The first-order valence-corrected chi connectivity index (χ1v) is 8.01. The summed E-state index contributed by atoms with van der Waals surface area (Å²) in [6.45, 7) is 1.31. The standard InChI is InChI=1S/C17H17N5O3/c18-6-11-7-20-17(21-16(11)19)22-4-3-12(13(23)8-22)10-1-2-14-15(5-10)25-9-24-14/h1-2,5,7,12-13,23H,3-4,8-9H2,(H2,19,20,21)/t12-,13+/m0/s1. The molecule has 4 rings (SSSR count). The van der Waals surface area contributed by atoms with Gasteiger partial charge in [-0.1, -0.05) is 6.07 Å². The average molecular weight is 339 g/mol. The van der Waals surface area contributed by atoms with Crippen molar-refractivity contribution in [2.75, 3.05) is 30.5 Å². The van der Waals surface area contributed by atoms with Crippen LogP contribution in [0, 0.1) is 11.3 Å². The van der Waals surface area contributed by atoms with E-state index in [1.807, 2.05) is 29.2 Å². The van der Waals surface area contributed by atoms with Crippen molar-refractivity contribution in [1.29, 1.82) is 5.26 Å². The highest BCUT2D eigenvalue weighted by atomic mass is 16.7. The summed E-state index contributed by atoms with van der Waals surface area (Å²) < 4.78 is 10.7. The van der Waals surface area contributed by atoms with Gasteiger partial charge in [0.15, 0.2) is 11.5 Å². The van der Waals surface area contributed by atoms with Crippen LogP contribution in [0.15, 0.2) is 24.4 Å². The molecule has 128 valence electrons. The molecule has 8 heteroatoms. The molecule has 3 heterocycles. The van der Waals surface area contributed by atoms with E-state index in [0.717, 1.165) is 23.5 Å². The Morgan fingerprint density at radius 2 is 2.16 bits per heavy atom. The summed E-state index contributed by atoms with van der Waals surface area (Å²) >= 11 is 0. The highest BCUT2D eigenvalue weighted by Gasteiger charge is 2.31. The van der Waals surface area contributed by atoms with Gasteiger partial charge in [-0.2, -0.15) is 10.2 Å². The number of piperidine rings is 1. The molecule has 1 aromatic heterocycles. The SMILES string of the molecule is N#Cc1cnc(N2CC[C@@H](c3ccc4c(c3)OCO4)[C@H](O)C2)nc1N. The average Bonchev–Trinajstić information content (AvgIpc) is 3.09. The molecule has 3 N–H and O–H groups in total. The van der Waals surface area contributed by atoms with Gasteiger partial charge in [0.25, 0.3) is 0 Å². The van der Waals surface area contributed by atoms with E-state index in [1.165, 1.54) is 6.20 Å². The Morgan fingerprint density at radius 3 is 2.92 bits per heavy atom. The number of aliphatic hydroxyl groups excluding tert-OH is 1. The van der Waals surface area contributed by atoms with Crippen LogP contribution >= 0.6 is 0 Å². The normalized spacial score (nSPS) is 21.8. The number of aromatic nitrogens is 2. The molecule has 0 aliphatic carbocycles. The van der Waals surface area contributed by atoms with Gasteiger partial charge in [-0.3, -0.25) is 0 Å². The number of hydrogen-bond acceptors (Lipinski definition) is 8. The Bertz CT molecular complexity index is 851. The largest absolute Gasteiger partial charge is 0.454 e. The van der Waals surface area contributed by atoms with E-state index in [2.05, 4.69) is 9.97 Å². The third-order valence-corrected chi connectivity index (χ3v) is 4.62. The molecule has 0 unspecified atom stereocenters. The number of nitriles is 1. The van der Waals surface area contributed by atoms with Crippen LogP contribution in [0.25, 0.3) is 0 Å². The molecular formula is C17H17N5O3. The second-order valence-electron chi connectivity index (χ2n) is 6.10. The van der Waals surface area contributed by atoms with E-state index in [0.29, 0.717) is 19.0 Å². The Labute approximate surface area is 144 Å². The molecule has 0 radical (unpaired) electrons. The molecule has 1 fully saturated rings. The van der Waals surface area contributed by atoms with Gasteiger partial charge in [-0.05, 0) is 24.1 Å². The predicted molar refractivity (Wildman–Crippen MR) is 89.3 cm³/mol. The van der Waals surface area contributed by atoms with Gasteiger partial charge in [0.2, 0.25) is 12.7 Å². The van der Waals surface area contributed by atoms with Crippen LogP contribution in [-0.2, 0) is 0 Å². The zero-order valence-electron chi connectivity index (χ0n) is 13.4. The van der Waals surface area contributed by atoms with E-state index in [1.54, 1.807) is 0 Å². The van der Waals surface area contributed by atoms with Crippen LogP contribution in [-0.4, -0.2) is 41.1 Å². The van der Waals surface area contributed by atoms with Gasteiger partial charge in [-0.25, -0.2) is 4.98 Å². The fourth-order valence-electron chi connectivity index (χ4n) is 3.27. The summed E-state index contributed by atoms with van der Waals surface area (Å²) in [7, 11) is 0. The molecule has 25 heavy (non-hydrogen) atoms. The number of nitrogens with zero attached hydrogens (tertiary/aromatic N) is 4. The predicted octanol–water partition coefficient (Wildman–Crippen LogP) is 1.01. The molecule has 2 atom stereocenters. The van der Waals surface area contributed by atoms with Crippen LogP contribution in [0.4, 0.5) is 11.8 Å². The van der Waals surface area contributed by atoms with Crippen LogP contribution < -0.4 is 20.1 Å². The van der Waals surface area contributed by atoms with Crippen molar-refractivity contribution < 1.29 is 14.6 Å².